The number of carbonyl (C=O) groups is 1. The summed E-state index contributed by atoms with van der Waals surface area (Å²) in [4.78, 5) is 19.1. The maximum atomic E-state index is 13.8. The third-order valence-electron chi connectivity index (χ3n) is 10.9. The second-order valence-corrected chi connectivity index (χ2v) is 25.2. The normalized spacial score (nSPS) is 15.9. The second kappa shape index (κ2) is 16.6. The van der Waals surface area contributed by atoms with Crippen LogP contribution in [-0.2, 0) is 9.63 Å². The van der Waals surface area contributed by atoms with Gasteiger partial charge in [0.05, 0.1) is 41.0 Å². The topological polar surface area (TPSA) is 104 Å². The number of hydrogen-bond donors (Lipinski definition) is 1. The van der Waals surface area contributed by atoms with Gasteiger partial charge in [-0.2, -0.15) is 10.4 Å². The number of amides is 1. The molecule has 1 heterocycles. The van der Waals surface area contributed by atoms with Crippen molar-refractivity contribution in [1.29, 1.82) is 5.26 Å². The Kier molecular flexibility index (Phi) is 12.6. The number of quaternary nitrogens is 1. The monoisotopic (exact) mass is 809 g/mol. The summed E-state index contributed by atoms with van der Waals surface area (Å²) >= 11 is 0. The van der Waals surface area contributed by atoms with E-state index < -0.39 is 25.2 Å². The highest BCUT2D eigenvalue weighted by atomic mass is 28.3. The minimum Gasteiger partial charge on any atom is -0.623 e. The number of benzene rings is 2. The van der Waals surface area contributed by atoms with Crippen molar-refractivity contribution in [1.82, 2.24) is 10.5 Å². The molecule has 59 heavy (non-hydrogen) atoms. The van der Waals surface area contributed by atoms with E-state index in [0.29, 0.717) is 22.4 Å². The van der Waals surface area contributed by atoms with Crippen LogP contribution < -0.4 is 10.6 Å². The van der Waals surface area contributed by atoms with Crippen molar-refractivity contribution < 1.29 is 18.9 Å². The van der Waals surface area contributed by atoms with Crippen LogP contribution in [0.15, 0.2) is 89.5 Å². The average molecular weight is 810 g/mol. The molecule has 0 saturated carbocycles. The summed E-state index contributed by atoms with van der Waals surface area (Å²) in [6.45, 7) is 24.0. The minimum atomic E-state index is -2.44. The molecule has 2 aliphatic carbocycles. The van der Waals surface area contributed by atoms with Gasteiger partial charge in [-0.15, -0.1) is 5.06 Å². The number of nitriles is 1. The fraction of sp³-hybridized carbons (Fsp3) is 0.388. The van der Waals surface area contributed by atoms with E-state index in [1.807, 2.05) is 114 Å². The number of rotatable bonds is 8. The van der Waals surface area contributed by atoms with Gasteiger partial charge in [0.2, 0.25) is 0 Å². The van der Waals surface area contributed by atoms with Crippen LogP contribution in [-0.4, -0.2) is 79.5 Å². The van der Waals surface area contributed by atoms with Gasteiger partial charge >= 0.3 is 0 Å². The molecule has 2 aromatic carbocycles. The van der Waals surface area contributed by atoms with Crippen LogP contribution in [0.2, 0.25) is 18.1 Å². The lowest BCUT2D eigenvalue weighted by atomic mass is 9.92. The number of likely N-dealkylation sites (N-methyl/N-ethyl adjacent to an activating group) is 1. The van der Waals surface area contributed by atoms with Gasteiger partial charge in [0.15, 0.2) is 24.1 Å². The van der Waals surface area contributed by atoms with Gasteiger partial charge in [-0.1, -0.05) is 100 Å². The van der Waals surface area contributed by atoms with E-state index in [-0.39, 0.29) is 10.9 Å². The number of nitrogens with one attached hydrogen (secondary N) is 1. The Morgan fingerprint density at radius 3 is 2.10 bits per heavy atom. The predicted molar refractivity (Wildman–Crippen MR) is 244 cm³/mol. The summed E-state index contributed by atoms with van der Waals surface area (Å²) in [6, 6.07) is 27.8. The molecule has 0 aromatic heterocycles. The molecule has 1 N–H and O–H groups in total. The van der Waals surface area contributed by atoms with Crippen molar-refractivity contribution in [2.75, 3.05) is 27.7 Å². The fourth-order valence-corrected chi connectivity index (χ4v) is 9.55. The molecule has 3 aliphatic rings. The number of hydrogen-bond acceptors (Lipinski definition) is 6. The van der Waals surface area contributed by atoms with Crippen LogP contribution in [0.25, 0.3) is 16.9 Å². The highest BCUT2D eigenvalue weighted by molar-refractivity contribution is 6.93. The predicted octanol–water partition coefficient (Wildman–Crippen LogP) is 8.81. The van der Waals surface area contributed by atoms with Gasteiger partial charge in [0.25, 0.3) is 5.91 Å². The SMILES string of the molecule is CC(C)(C)N1OC(c2cccc(C#Cc3cccc(/C=N/NC(=O)C[N+](C)(C)C)c3)c2)=C(C#N)C1c1c2cccccc-2c(/C=[N+](\[O-])C(C)(C)C)c1[Si](C)(C)C(C)(C)C. The Balaban J connectivity index is 1.66. The van der Waals surface area contributed by atoms with Crippen LogP contribution in [0, 0.1) is 28.4 Å². The van der Waals surface area contributed by atoms with Gasteiger partial charge in [-0.3, -0.25) is 4.79 Å². The molecule has 1 atom stereocenters. The van der Waals surface area contributed by atoms with Crippen LogP contribution in [0.5, 0.6) is 0 Å². The van der Waals surface area contributed by atoms with Crippen molar-refractivity contribution in [3.8, 4) is 29.0 Å². The quantitative estimate of drug-likeness (QED) is 0.0365. The second-order valence-electron chi connectivity index (χ2n) is 20.0. The zero-order valence-corrected chi connectivity index (χ0v) is 38.4. The van der Waals surface area contributed by atoms with Crippen molar-refractivity contribution in [3.05, 3.63) is 123 Å². The third-order valence-corrected chi connectivity index (χ3v) is 16.5. The largest absolute Gasteiger partial charge is 0.623 e. The molecular formula is C49H61N6O3Si+. The molecule has 9 nitrogen and oxygen atoms in total. The Morgan fingerprint density at radius 1 is 0.915 bits per heavy atom. The first kappa shape index (κ1) is 44.6. The molecule has 0 bridgehead atoms. The molecule has 308 valence electrons. The van der Waals surface area contributed by atoms with Crippen molar-refractivity contribution in [2.24, 2.45) is 5.10 Å². The van der Waals surface area contributed by atoms with E-state index in [0.717, 1.165) is 54.4 Å². The van der Waals surface area contributed by atoms with Crippen LogP contribution in [0.1, 0.15) is 102 Å². The number of carbonyl (C=O) groups excluding carboxylic acids is 1. The summed E-state index contributed by atoms with van der Waals surface area (Å²) < 4.78 is 1.57. The van der Waals surface area contributed by atoms with Gasteiger partial charge < -0.3 is 14.5 Å². The molecule has 0 fully saturated rings. The Morgan fingerprint density at radius 2 is 1.53 bits per heavy atom. The molecule has 5 rings (SSSR count). The molecule has 0 radical (unpaired) electrons. The maximum absolute atomic E-state index is 13.8. The Labute approximate surface area is 353 Å². The molecule has 1 unspecified atom stereocenters. The number of hydroxylamine groups is 3. The highest BCUT2D eigenvalue weighted by Crippen LogP contribution is 2.51. The van der Waals surface area contributed by atoms with Crippen molar-refractivity contribution in [2.45, 2.75) is 97.6 Å². The Hall–Kier alpha value is -5.52. The van der Waals surface area contributed by atoms with E-state index in [4.69, 9.17) is 4.84 Å². The molecule has 0 saturated heterocycles. The van der Waals surface area contributed by atoms with Crippen LogP contribution in [0.4, 0.5) is 0 Å². The maximum Gasteiger partial charge on any atom is 0.295 e. The first-order valence-corrected chi connectivity index (χ1v) is 23.2. The summed E-state index contributed by atoms with van der Waals surface area (Å²) in [5.74, 6) is 6.90. The lowest BCUT2D eigenvalue weighted by molar-refractivity contribution is -0.862. The number of nitrogens with zero attached hydrogens (tertiary/aromatic N) is 5. The van der Waals surface area contributed by atoms with E-state index in [1.54, 1.807) is 12.4 Å². The van der Waals surface area contributed by atoms with E-state index in [1.165, 1.54) is 0 Å². The minimum absolute atomic E-state index is 0.0987. The zero-order chi connectivity index (χ0) is 43.7. The smallest absolute Gasteiger partial charge is 0.295 e. The van der Waals surface area contributed by atoms with Crippen molar-refractivity contribution >= 4 is 37.4 Å². The van der Waals surface area contributed by atoms with E-state index in [9.17, 15) is 15.3 Å². The van der Waals surface area contributed by atoms with Crippen molar-refractivity contribution in [3.63, 3.8) is 0 Å². The Bertz CT molecular complexity index is 2400. The molecule has 2 aromatic rings. The highest BCUT2D eigenvalue weighted by Gasteiger charge is 2.50. The number of fused-ring (bicyclic) bond motifs is 1. The zero-order valence-electron chi connectivity index (χ0n) is 37.4. The molecular weight excluding hydrogens is 749 g/mol. The summed E-state index contributed by atoms with van der Waals surface area (Å²) in [7, 11) is 3.40. The van der Waals surface area contributed by atoms with Gasteiger partial charge in [-0.25, -0.2) is 10.2 Å². The molecule has 0 spiro atoms. The van der Waals surface area contributed by atoms with Crippen LogP contribution >= 0.6 is 0 Å². The van der Waals surface area contributed by atoms with Gasteiger partial charge in [0, 0.05) is 48.6 Å². The summed E-state index contributed by atoms with van der Waals surface area (Å²) in [6.07, 6.45) is 3.39. The lowest BCUT2D eigenvalue weighted by Gasteiger charge is -2.41. The van der Waals surface area contributed by atoms with Gasteiger partial charge in [-0.05, 0) is 77.5 Å². The fourth-order valence-electron chi connectivity index (χ4n) is 6.98. The third kappa shape index (κ3) is 10.0. The van der Waals surface area contributed by atoms with Gasteiger partial charge in [0.1, 0.15) is 12.1 Å². The molecule has 1 amide bonds. The molecule has 1 aliphatic heterocycles. The van der Waals surface area contributed by atoms with E-state index in [2.05, 4.69) is 95.2 Å². The lowest BCUT2D eigenvalue weighted by Crippen LogP contribution is -2.53. The molecule has 10 heteroatoms. The van der Waals surface area contributed by atoms with Crippen LogP contribution in [0.3, 0.4) is 0 Å². The number of hydrazone groups is 1. The average Bonchev–Trinajstić information content (AvgIpc) is 3.54. The first-order chi connectivity index (χ1) is 27.3. The summed E-state index contributed by atoms with van der Waals surface area (Å²) in [5, 5.41) is 32.2. The summed E-state index contributed by atoms with van der Waals surface area (Å²) in [5.41, 5.74) is 8.93. The van der Waals surface area contributed by atoms with E-state index >= 15 is 0 Å². The standard InChI is InChI=1S/C49H60N6O3Si/c1-47(2,3)53(57)32-41-38-24-16-15-17-25-39(38)43(46(41)59(13,14)49(7,8)9)44-40(30-50)45(58-54(44)48(4,5)6)37-23-19-21-35(29-37)27-26-34-20-18-22-36(28-34)31-51-52-42(56)33-55(10,11)12/h15-25,28-29,31-32,44H,33H2,1-14H3/p+1/b51-31+,53-32-. The first-order valence-electron chi connectivity index (χ1n) is 20.2.